The second kappa shape index (κ2) is 6.35. The highest BCUT2D eigenvalue weighted by atomic mass is 32.1. The van der Waals surface area contributed by atoms with E-state index in [2.05, 4.69) is 17.9 Å². The minimum Gasteiger partial charge on any atom is -0.316 e. The Balaban J connectivity index is 1.99. The molecule has 1 aromatic carbocycles. The Kier molecular flexibility index (Phi) is 4.43. The Morgan fingerprint density at radius 3 is 2.61 bits per heavy atom. The molecule has 0 saturated carbocycles. The number of amides is 3. The van der Waals surface area contributed by atoms with Gasteiger partial charge in [0.15, 0.2) is 4.87 Å². The van der Waals surface area contributed by atoms with Crippen molar-refractivity contribution in [1.82, 2.24) is 10.2 Å². The minimum atomic E-state index is -1.26. The van der Waals surface area contributed by atoms with Crippen molar-refractivity contribution in [2.45, 2.75) is 43.4 Å². The van der Waals surface area contributed by atoms with Gasteiger partial charge in [-0.2, -0.15) is 0 Å². The van der Waals surface area contributed by atoms with Crippen LogP contribution in [0, 0.1) is 0 Å². The molecule has 23 heavy (non-hydrogen) atoms. The van der Waals surface area contributed by atoms with E-state index in [1.54, 1.807) is 11.0 Å². The van der Waals surface area contributed by atoms with Gasteiger partial charge >= 0.3 is 0 Å². The van der Waals surface area contributed by atoms with E-state index in [1.807, 2.05) is 18.2 Å². The fourth-order valence-electron chi connectivity index (χ4n) is 3.26. The lowest BCUT2D eigenvalue weighted by molar-refractivity contribution is -0.138. The van der Waals surface area contributed by atoms with Crippen molar-refractivity contribution in [3.05, 3.63) is 35.4 Å². The summed E-state index contributed by atoms with van der Waals surface area (Å²) in [6.45, 7) is 0.471. The molecule has 1 fully saturated rings. The lowest BCUT2D eigenvalue weighted by Crippen LogP contribution is -2.61. The Bertz CT molecular complexity index is 661. The predicted octanol–water partition coefficient (Wildman–Crippen LogP) is 1.92. The molecule has 0 bridgehead atoms. The van der Waals surface area contributed by atoms with Crippen LogP contribution in [-0.4, -0.2) is 34.0 Å². The average molecular weight is 332 g/mol. The summed E-state index contributed by atoms with van der Waals surface area (Å²) in [7, 11) is 0. The molecular formula is C17H20N2O3S. The van der Waals surface area contributed by atoms with Gasteiger partial charge in [0.1, 0.15) is 0 Å². The van der Waals surface area contributed by atoms with Crippen LogP contribution in [0.1, 0.15) is 48.0 Å². The molecule has 0 radical (unpaired) electrons. The summed E-state index contributed by atoms with van der Waals surface area (Å²) in [5, 5.41) is 2.32. The van der Waals surface area contributed by atoms with Crippen molar-refractivity contribution in [2.75, 3.05) is 6.54 Å². The monoisotopic (exact) mass is 332 g/mol. The number of hydrogen-bond donors (Lipinski definition) is 2. The number of thiol groups is 1. The average Bonchev–Trinajstić information content (AvgIpc) is 2.62. The number of aryl methyl sites for hydroxylation is 1. The second-order valence-electron chi connectivity index (χ2n) is 6.12. The van der Waals surface area contributed by atoms with Crippen molar-refractivity contribution >= 4 is 30.4 Å². The maximum absolute atomic E-state index is 13.1. The van der Waals surface area contributed by atoms with Crippen molar-refractivity contribution in [1.29, 1.82) is 0 Å². The van der Waals surface area contributed by atoms with Crippen molar-refractivity contribution in [3.63, 3.8) is 0 Å². The summed E-state index contributed by atoms with van der Waals surface area (Å²) in [5.74, 6) is -0.985. The summed E-state index contributed by atoms with van der Waals surface area (Å²) < 4.78 is 0. The molecule has 3 amide bonds. The highest BCUT2D eigenvalue weighted by molar-refractivity contribution is 7.82. The van der Waals surface area contributed by atoms with Gasteiger partial charge in [0.2, 0.25) is 5.91 Å². The van der Waals surface area contributed by atoms with Crippen LogP contribution in [0.4, 0.5) is 0 Å². The largest absolute Gasteiger partial charge is 0.316 e. The predicted molar refractivity (Wildman–Crippen MR) is 89.1 cm³/mol. The normalized spacial score (nSPS) is 26.0. The van der Waals surface area contributed by atoms with Gasteiger partial charge in [0.05, 0.1) is 0 Å². The lowest BCUT2D eigenvalue weighted by atomic mass is 9.99. The molecular weight excluding hydrogens is 312 g/mol. The number of rotatable bonds is 1. The first kappa shape index (κ1) is 16.1. The Hall–Kier alpha value is -1.82. The van der Waals surface area contributed by atoms with Gasteiger partial charge in [-0.3, -0.25) is 19.7 Å². The number of nitrogens with zero attached hydrogens (tertiary/aromatic N) is 1. The van der Waals surface area contributed by atoms with E-state index >= 15 is 0 Å². The highest BCUT2D eigenvalue weighted by Crippen LogP contribution is 2.33. The van der Waals surface area contributed by atoms with Crippen LogP contribution in [0.15, 0.2) is 24.3 Å². The SMILES string of the molecule is O=C1CCC(S)(N2CCCCCc3ccccc3C2=O)C(=O)N1. The number of benzene rings is 1. The van der Waals surface area contributed by atoms with Crippen molar-refractivity contribution in [2.24, 2.45) is 0 Å². The number of fused-ring (bicyclic) bond motifs is 1. The molecule has 1 aromatic rings. The Morgan fingerprint density at radius 2 is 1.83 bits per heavy atom. The second-order valence-corrected chi connectivity index (χ2v) is 6.86. The molecule has 0 aromatic heterocycles. The van der Waals surface area contributed by atoms with Gasteiger partial charge in [-0.15, -0.1) is 12.6 Å². The van der Waals surface area contributed by atoms with Crippen LogP contribution in [0.5, 0.6) is 0 Å². The van der Waals surface area contributed by atoms with Crippen LogP contribution >= 0.6 is 12.6 Å². The quantitative estimate of drug-likeness (QED) is 0.610. The number of carbonyl (C=O) groups excluding carboxylic acids is 3. The Labute approximate surface area is 140 Å². The molecule has 2 aliphatic heterocycles. The van der Waals surface area contributed by atoms with E-state index < -0.39 is 10.8 Å². The molecule has 3 rings (SSSR count). The van der Waals surface area contributed by atoms with Gasteiger partial charge in [-0.05, 0) is 37.3 Å². The first-order valence-electron chi connectivity index (χ1n) is 7.99. The standard InChI is InChI=1S/C17H20N2O3S/c20-14-9-10-17(23,16(22)18-14)19-11-5-1-2-6-12-7-3-4-8-13(12)15(19)21/h3-4,7-8,23H,1-2,5-6,9-11H2,(H,18,20,22). The molecule has 2 heterocycles. The van der Waals surface area contributed by atoms with E-state index in [4.69, 9.17) is 0 Å². The van der Waals surface area contributed by atoms with Crippen molar-refractivity contribution < 1.29 is 14.4 Å². The van der Waals surface area contributed by atoms with Gasteiger partial charge < -0.3 is 4.90 Å². The summed E-state index contributed by atoms with van der Waals surface area (Å²) in [6, 6.07) is 7.53. The summed E-state index contributed by atoms with van der Waals surface area (Å²) in [5.41, 5.74) is 1.64. The number of piperidine rings is 1. The summed E-state index contributed by atoms with van der Waals surface area (Å²) in [4.78, 5) is 37.2. The smallest absolute Gasteiger partial charge is 0.262 e. The first-order valence-corrected chi connectivity index (χ1v) is 8.43. The van der Waals surface area contributed by atoms with E-state index in [0.29, 0.717) is 12.1 Å². The van der Waals surface area contributed by atoms with Gasteiger partial charge in [0, 0.05) is 18.5 Å². The minimum absolute atomic E-state index is 0.179. The number of imide groups is 1. The topological polar surface area (TPSA) is 66.5 Å². The zero-order chi connectivity index (χ0) is 16.4. The molecule has 1 N–H and O–H groups in total. The van der Waals surface area contributed by atoms with Gasteiger partial charge in [0.25, 0.3) is 11.8 Å². The van der Waals surface area contributed by atoms with E-state index in [0.717, 1.165) is 31.2 Å². The molecule has 1 saturated heterocycles. The molecule has 5 nitrogen and oxygen atoms in total. The van der Waals surface area contributed by atoms with Gasteiger partial charge in [-0.25, -0.2) is 0 Å². The number of hydrogen-bond acceptors (Lipinski definition) is 4. The van der Waals surface area contributed by atoms with Crippen LogP contribution in [-0.2, 0) is 16.0 Å². The number of nitrogens with one attached hydrogen (secondary N) is 1. The highest BCUT2D eigenvalue weighted by Gasteiger charge is 2.47. The van der Waals surface area contributed by atoms with Crippen LogP contribution < -0.4 is 5.32 Å². The number of carbonyl (C=O) groups is 3. The Morgan fingerprint density at radius 1 is 1.04 bits per heavy atom. The molecule has 1 unspecified atom stereocenters. The lowest BCUT2D eigenvalue weighted by Gasteiger charge is -2.41. The molecule has 2 aliphatic rings. The van der Waals surface area contributed by atoms with Gasteiger partial charge in [-0.1, -0.05) is 24.6 Å². The third kappa shape index (κ3) is 3.00. The molecule has 0 spiro atoms. The van der Waals surface area contributed by atoms with Crippen LogP contribution in [0.25, 0.3) is 0 Å². The molecule has 6 heteroatoms. The summed E-state index contributed by atoms with van der Waals surface area (Å²) >= 11 is 4.54. The van der Waals surface area contributed by atoms with E-state index in [1.165, 1.54) is 0 Å². The molecule has 1 atom stereocenters. The maximum Gasteiger partial charge on any atom is 0.262 e. The fraction of sp³-hybridized carbons (Fsp3) is 0.471. The van der Waals surface area contributed by atoms with E-state index in [-0.39, 0.29) is 24.7 Å². The van der Waals surface area contributed by atoms with Crippen molar-refractivity contribution in [3.8, 4) is 0 Å². The molecule has 0 aliphatic carbocycles. The van der Waals surface area contributed by atoms with E-state index in [9.17, 15) is 14.4 Å². The first-order chi connectivity index (χ1) is 11.0. The molecule has 122 valence electrons. The zero-order valence-corrected chi connectivity index (χ0v) is 13.8. The van der Waals surface area contributed by atoms with Crippen LogP contribution in [0.2, 0.25) is 0 Å². The zero-order valence-electron chi connectivity index (χ0n) is 12.9. The summed E-state index contributed by atoms with van der Waals surface area (Å²) in [6.07, 6.45) is 4.13. The third-order valence-corrected chi connectivity index (χ3v) is 5.25. The maximum atomic E-state index is 13.1. The van der Waals surface area contributed by atoms with Crippen LogP contribution in [0.3, 0.4) is 0 Å². The third-order valence-electron chi connectivity index (χ3n) is 4.58. The fourth-order valence-corrected chi connectivity index (χ4v) is 3.62.